The van der Waals surface area contributed by atoms with Gasteiger partial charge in [-0.3, -0.25) is 0 Å². The van der Waals surface area contributed by atoms with Crippen LogP contribution in [0, 0.1) is 0 Å². The molecule has 0 bridgehead atoms. The van der Waals surface area contributed by atoms with E-state index in [0.29, 0.717) is 16.4 Å². The summed E-state index contributed by atoms with van der Waals surface area (Å²) < 4.78 is 0. The van der Waals surface area contributed by atoms with Crippen molar-refractivity contribution in [3.8, 4) is 0 Å². The molecule has 0 N–H and O–H groups in total. The van der Waals surface area contributed by atoms with Gasteiger partial charge in [0.15, 0.2) is 0 Å². The van der Waals surface area contributed by atoms with Crippen molar-refractivity contribution in [3.63, 3.8) is 0 Å². The van der Waals surface area contributed by atoms with Crippen molar-refractivity contribution >= 4 is 23.5 Å². The standard InChI is InChI=1S/C17H28S2/c1-12(2)17-8-15(10-18-13(3)4)7-16(9-17)11-19-14(5)6/h7-9,12-14H,10-11H2,1-6H3. The molecule has 0 aliphatic heterocycles. The molecule has 0 spiro atoms. The molecule has 0 aliphatic carbocycles. The first-order chi connectivity index (χ1) is 8.88. The Morgan fingerprint density at radius 2 is 1.16 bits per heavy atom. The maximum atomic E-state index is 2.40. The molecular weight excluding hydrogens is 268 g/mol. The quantitative estimate of drug-likeness (QED) is 0.597. The zero-order valence-corrected chi connectivity index (χ0v) is 14.8. The van der Waals surface area contributed by atoms with E-state index in [2.05, 4.69) is 59.7 Å². The van der Waals surface area contributed by atoms with Gasteiger partial charge in [-0.1, -0.05) is 59.7 Å². The molecule has 0 aliphatic rings. The Kier molecular flexibility index (Phi) is 7.38. The highest BCUT2D eigenvalue weighted by molar-refractivity contribution is 7.99. The first-order valence-electron chi connectivity index (χ1n) is 7.24. The van der Waals surface area contributed by atoms with Crippen molar-refractivity contribution < 1.29 is 0 Å². The second-order valence-corrected chi connectivity index (χ2v) is 9.09. The molecule has 0 radical (unpaired) electrons. The molecule has 0 aromatic heterocycles. The molecule has 1 rings (SSSR count). The maximum absolute atomic E-state index is 2.40. The summed E-state index contributed by atoms with van der Waals surface area (Å²) >= 11 is 4.06. The molecule has 108 valence electrons. The molecule has 0 saturated carbocycles. The second-order valence-electron chi connectivity index (χ2n) is 5.96. The van der Waals surface area contributed by atoms with E-state index in [9.17, 15) is 0 Å². The average molecular weight is 297 g/mol. The highest BCUT2D eigenvalue weighted by Gasteiger charge is 2.06. The smallest absolute Gasteiger partial charge is 0.0187 e. The van der Waals surface area contributed by atoms with E-state index < -0.39 is 0 Å². The molecule has 0 amide bonds. The van der Waals surface area contributed by atoms with Crippen LogP contribution in [-0.4, -0.2) is 10.5 Å². The highest BCUT2D eigenvalue weighted by Crippen LogP contribution is 2.26. The van der Waals surface area contributed by atoms with Gasteiger partial charge < -0.3 is 0 Å². The molecule has 0 atom stereocenters. The van der Waals surface area contributed by atoms with E-state index in [-0.39, 0.29) is 0 Å². The van der Waals surface area contributed by atoms with E-state index in [0.717, 1.165) is 11.5 Å². The molecule has 0 heterocycles. The van der Waals surface area contributed by atoms with Crippen LogP contribution in [0.1, 0.15) is 64.2 Å². The van der Waals surface area contributed by atoms with Crippen molar-refractivity contribution in [2.45, 2.75) is 69.5 Å². The van der Waals surface area contributed by atoms with Crippen molar-refractivity contribution in [3.05, 3.63) is 34.9 Å². The molecule has 19 heavy (non-hydrogen) atoms. The Balaban J connectivity index is 2.84. The predicted octanol–water partition coefficient (Wildman–Crippen LogP) is 6.09. The summed E-state index contributed by atoms with van der Waals surface area (Å²) in [6, 6.07) is 7.18. The summed E-state index contributed by atoms with van der Waals surface area (Å²) in [5, 5.41) is 1.41. The molecule has 0 saturated heterocycles. The maximum Gasteiger partial charge on any atom is 0.0187 e. The largest absolute Gasteiger partial charge is 0.154 e. The zero-order chi connectivity index (χ0) is 14.4. The van der Waals surface area contributed by atoms with Gasteiger partial charge in [-0.05, 0) is 33.1 Å². The SMILES string of the molecule is CC(C)SCc1cc(CSC(C)C)cc(C(C)C)c1. The fourth-order valence-electron chi connectivity index (χ4n) is 1.82. The summed E-state index contributed by atoms with van der Waals surface area (Å²) in [5.41, 5.74) is 4.47. The van der Waals surface area contributed by atoms with E-state index in [1.165, 1.54) is 16.7 Å². The van der Waals surface area contributed by atoms with Crippen LogP contribution in [0.3, 0.4) is 0 Å². The first kappa shape index (κ1) is 17.0. The molecular formula is C17H28S2. The van der Waals surface area contributed by atoms with Crippen LogP contribution in [0.15, 0.2) is 18.2 Å². The Morgan fingerprint density at radius 1 is 0.737 bits per heavy atom. The molecule has 1 aromatic rings. The van der Waals surface area contributed by atoms with Crippen LogP contribution in [0.25, 0.3) is 0 Å². The second kappa shape index (κ2) is 8.26. The van der Waals surface area contributed by atoms with Gasteiger partial charge in [0.1, 0.15) is 0 Å². The van der Waals surface area contributed by atoms with Crippen LogP contribution in [0.5, 0.6) is 0 Å². The minimum absolute atomic E-state index is 0.617. The molecule has 2 heteroatoms. The van der Waals surface area contributed by atoms with Gasteiger partial charge in [0.05, 0.1) is 0 Å². The summed E-state index contributed by atoms with van der Waals surface area (Å²) in [6.07, 6.45) is 0. The monoisotopic (exact) mass is 296 g/mol. The summed E-state index contributed by atoms with van der Waals surface area (Å²) in [5.74, 6) is 2.89. The Hall–Kier alpha value is -0.0800. The van der Waals surface area contributed by atoms with Crippen LogP contribution in [0.4, 0.5) is 0 Å². The summed E-state index contributed by atoms with van der Waals surface area (Å²) in [6.45, 7) is 13.7. The third kappa shape index (κ3) is 6.76. The number of rotatable bonds is 7. The number of thioether (sulfide) groups is 2. The summed E-state index contributed by atoms with van der Waals surface area (Å²) in [4.78, 5) is 0. The zero-order valence-electron chi connectivity index (χ0n) is 13.2. The highest BCUT2D eigenvalue weighted by atomic mass is 32.2. The third-order valence-electron chi connectivity index (χ3n) is 2.91. The molecule has 1 aromatic carbocycles. The third-order valence-corrected chi connectivity index (χ3v) is 5.24. The van der Waals surface area contributed by atoms with Gasteiger partial charge in [0.2, 0.25) is 0 Å². The van der Waals surface area contributed by atoms with Gasteiger partial charge in [0, 0.05) is 11.5 Å². The Morgan fingerprint density at radius 3 is 1.47 bits per heavy atom. The fraction of sp³-hybridized carbons (Fsp3) is 0.647. The lowest BCUT2D eigenvalue weighted by Crippen LogP contribution is -1.97. The van der Waals surface area contributed by atoms with E-state index in [1.807, 2.05) is 23.5 Å². The Bertz CT molecular complexity index is 351. The minimum atomic E-state index is 0.617. The van der Waals surface area contributed by atoms with E-state index in [4.69, 9.17) is 0 Å². The van der Waals surface area contributed by atoms with E-state index >= 15 is 0 Å². The normalized spacial score (nSPS) is 11.8. The van der Waals surface area contributed by atoms with E-state index in [1.54, 1.807) is 0 Å². The fourth-order valence-corrected chi connectivity index (χ4v) is 3.20. The number of benzene rings is 1. The van der Waals surface area contributed by atoms with Crippen molar-refractivity contribution in [2.24, 2.45) is 0 Å². The van der Waals surface area contributed by atoms with Gasteiger partial charge in [-0.15, -0.1) is 0 Å². The van der Waals surface area contributed by atoms with Gasteiger partial charge in [0.25, 0.3) is 0 Å². The topological polar surface area (TPSA) is 0 Å². The van der Waals surface area contributed by atoms with Gasteiger partial charge in [-0.2, -0.15) is 23.5 Å². The van der Waals surface area contributed by atoms with Gasteiger partial charge in [-0.25, -0.2) is 0 Å². The van der Waals surface area contributed by atoms with Crippen molar-refractivity contribution in [1.29, 1.82) is 0 Å². The van der Waals surface area contributed by atoms with Gasteiger partial charge >= 0.3 is 0 Å². The first-order valence-corrected chi connectivity index (χ1v) is 9.34. The van der Waals surface area contributed by atoms with Crippen molar-refractivity contribution in [2.75, 3.05) is 0 Å². The van der Waals surface area contributed by atoms with Crippen LogP contribution in [-0.2, 0) is 11.5 Å². The molecule has 0 fully saturated rings. The van der Waals surface area contributed by atoms with Crippen LogP contribution >= 0.6 is 23.5 Å². The predicted molar refractivity (Wildman–Crippen MR) is 93.4 cm³/mol. The molecule has 0 nitrogen and oxygen atoms in total. The minimum Gasteiger partial charge on any atom is -0.154 e. The number of hydrogen-bond acceptors (Lipinski definition) is 2. The van der Waals surface area contributed by atoms with Crippen LogP contribution < -0.4 is 0 Å². The lowest BCUT2D eigenvalue weighted by Gasteiger charge is -2.14. The van der Waals surface area contributed by atoms with Crippen molar-refractivity contribution in [1.82, 2.24) is 0 Å². The number of hydrogen-bond donors (Lipinski definition) is 0. The lowest BCUT2D eigenvalue weighted by molar-refractivity contribution is 0.862. The molecule has 0 unspecified atom stereocenters. The lowest BCUT2D eigenvalue weighted by atomic mass is 9.99. The summed E-state index contributed by atoms with van der Waals surface area (Å²) in [7, 11) is 0. The average Bonchev–Trinajstić information content (AvgIpc) is 2.33. The van der Waals surface area contributed by atoms with Crippen LogP contribution in [0.2, 0.25) is 0 Å². The Labute approximate surface area is 128 Å².